The highest BCUT2D eigenvalue weighted by atomic mass is 16.6. The molecule has 6 saturated carbocycles. The Kier molecular flexibility index (Phi) is 15.3. The molecule has 10 nitrogen and oxygen atoms in total. The molecule has 10 heteroatoms. The Bertz CT molecular complexity index is 1300. The summed E-state index contributed by atoms with van der Waals surface area (Å²) in [6.45, 7) is 19.6. The monoisotopic (exact) mass is 751 g/mol. The van der Waals surface area contributed by atoms with Crippen molar-refractivity contribution in [2.24, 2.45) is 57.7 Å². The minimum absolute atomic E-state index is 0. The minimum atomic E-state index is -0.644. The molecule has 306 valence electrons. The van der Waals surface area contributed by atoms with Gasteiger partial charge in [-0.1, -0.05) is 42.5 Å². The lowest BCUT2D eigenvalue weighted by Crippen LogP contribution is -2.60. The van der Waals surface area contributed by atoms with E-state index in [4.69, 9.17) is 18.9 Å². The van der Waals surface area contributed by atoms with E-state index in [1.807, 2.05) is 41.5 Å². The Labute approximate surface area is 320 Å². The smallest absolute Gasteiger partial charge is 0.344 e. The molecule has 0 amide bonds. The van der Waals surface area contributed by atoms with Crippen molar-refractivity contribution in [1.29, 1.82) is 0 Å². The second kappa shape index (κ2) is 17.4. The van der Waals surface area contributed by atoms with Crippen LogP contribution in [-0.2, 0) is 47.7 Å². The largest absolute Gasteiger partial charge is 0.469 e. The van der Waals surface area contributed by atoms with Crippen LogP contribution < -0.4 is 0 Å². The maximum atomic E-state index is 13.4. The quantitative estimate of drug-likeness (QED) is 0.158. The molecular weight excluding hydrogens is 676 g/mol. The molecule has 7 rings (SSSR count). The van der Waals surface area contributed by atoms with Gasteiger partial charge in [-0.05, 0) is 135 Å². The highest BCUT2D eigenvalue weighted by molar-refractivity contribution is 5.81. The van der Waals surface area contributed by atoms with E-state index in [0.717, 1.165) is 51.0 Å². The van der Waals surface area contributed by atoms with Gasteiger partial charge < -0.3 is 23.7 Å². The SMILES string of the molecule is C.C.CCC(C)(C)C(=O)OC.CCC(C)(C)C(=O)OCC(=O)OC12CC3CC(C1)CC(C(=O)OC(C)(C)C(C)C)(C3)C2.O=C1OCC2C3CCC(C3)C12. The van der Waals surface area contributed by atoms with Crippen LogP contribution in [0.5, 0.6) is 0 Å². The van der Waals surface area contributed by atoms with Gasteiger partial charge in [0.25, 0.3) is 0 Å². The highest BCUT2D eigenvalue weighted by Crippen LogP contribution is 2.63. The zero-order valence-corrected chi connectivity index (χ0v) is 33.3. The van der Waals surface area contributed by atoms with Gasteiger partial charge in [0.15, 0.2) is 6.61 Å². The zero-order chi connectivity index (χ0) is 38.2. The predicted molar refractivity (Wildman–Crippen MR) is 204 cm³/mol. The van der Waals surface area contributed by atoms with Crippen LogP contribution in [0, 0.1) is 57.7 Å². The fourth-order valence-corrected chi connectivity index (χ4v) is 9.45. The summed E-state index contributed by atoms with van der Waals surface area (Å²) in [4.78, 5) is 60.3. The lowest BCUT2D eigenvalue weighted by Gasteiger charge is -2.60. The molecular formula is C43H74O10. The number of hydrogen-bond acceptors (Lipinski definition) is 10. The second-order valence-corrected chi connectivity index (χ2v) is 18.7. The summed E-state index contributed by atoms with van der Waals surface area (Å²) in [6, 6.07) is 0. The van der Waals surface area contributed by atoms with Crippen molar-refractivity contribution in [2.75, 3.05) is 20.3 Å². The van der Waals surface area contributed by atoms with Gasteiger partial charge in [-0.25, -0.2) is 4.79 Å². The van der Waals surface area contributed by atoms with E-state index < -0.39 is 34.0 Å². The van der Waals surface area contributed by atoms with E-state index in [-0.39, 0.29) is 50.7 Å². The number of esters is 5. The van der Waals surface area contributed by atoms with Gasteiger partial charge in [-0.2, -0.15) is 0 Å². The molecule has 0 aromatic carbocycles. The fraction of sp³-hybridized carbons (Fsp3) is 0.884. The second-order valence-electron chi connectivity index (χ2n) is 18.7. The average molecular weight is 751 g/mol. The number of methoxy groups -OCH3 is 1. The zero-order valence-electron chi connectivity index (χ0n) is 33.3. The molecule has 7 fully saturated rings. The standard InChI is InChI=1S/C25H40O6.C9H12O2.C7H14O2.2CH4/c1-8-22(4,5)20(27)29-14-19(26)30-25-12-17-9-18(13-25)11-24(10-17,15-25)21(28)31-23(6,7)16(2)3;10-9-8-6-2-1-5(3-6)7(8)4-11-9;1-5-7(2,3)6(8)9-4;;/h16-18H,8-15H2,1-7H3;5-8H,1-4H2;5H2,1-4H3;2*1H4. The lowest BCUT2D eigenvalue weighted by atomic mass is 9.48. The first-order chi connectivity index (χ1) is 23.6. The number of carbonyl (C=O) groups is 5. The lowest BCUT2D eigenvalue weighted by molar-refractivity contribution is -0.221. The molecule has 53 heavy (non-hydrogen) atoms. The molecule has 6 aliphatic carbocycles. The highest BCUT2D eigenvalue weighted by Gasteiger charge is 2.63. The summed E-state index contributed by atoms with van der Waals surface area (Å²) in [5.41, 5.74) is -2.69. The van der Waals surface area contributed by atoms with Crippen LogP contribution in [-0.4, -0.2) is 61.4 Å². The Morgan fingerprint density at radius 1 is 0.830 bits per heavy atom. The third-order valence-electron chi connectivity index (χ3n) is 13.7. The number of fused-ring (bicyclic) bond motifs is 5. The van der Waals surface area contributed by atoms with Crippen molar-refractivity contribution in [3.8, 4) is 0 Å². The third kappa shape index (κ3) is 10.2. The van der Waals surface area contributed by atoms with Crippen LogP contribution in [0.4, 0.5) is 0 Å². The van der Waals surface area contributed by atoms with Crippen molar-refractivity contribution < 1.29 is 47.7 Å². The van der Waals surface area contributed by atoms with E-state index in [1.165, 1.54) is 26.4 Å². The first kappa shape index (κ1) is 46.5. The number of carbonyl (C=O) groups excluding carboxylic acids is 5. The van der Waals surface area contributed by atoms with Gasteiger partial charge in [0.1, 0.15) is 11.2 Å². The molecule has 0 aromatic rings. The fourth-order valence-electron chi connectivity index (χ4n) is 9.45. The first-order valence-corrected chi connectivity index (χ1v) is 19.5. The number of rotatable bonds is 10. The predicted octanol–water partition coefficient (Wildman–Crippen LogP) is 8.90. The summed E-state index contributed by atoms with van der Waals surface area (Å²) in [6.07, 6.45) is 10.2. The summed E-state index contributed by atoms with van der Waals surface area (Å²) >= 11 is 0. The summed E-state index contributed by atoms with van der Waals surface area (Å²) in [7, 11) is 1.42. The van der Waals surface area contributed by atoms with Crippen molar-refractivity contribution in [3.05, 3.63) is 0 Å². The third-order valence-corrected chi connectivity index (χ3v) is 13.7. The van der Waals surface area contributed by atoms with Gasteiger partial charge in [0, 0.05) is 12.3 Å². The Hall–Kier alpha value is -2.65. The van der Waals surface area contributed by atoms with Gasteiger partial charge in [-0.3, -0.25) is 19.2 Å². The molecule has 6 unspecified atom stereocenters. The molecule has 6 bridgehead atoms. The molecule has 1 heterocycles. The van der Waals surface area contributed by atoms with Gasteiger partial charge in [0.05, 0.1) is 35.9 Å². The van der Waals surface area contributed by atoms with E-state index in [9.17, 15) is 24.0 Å². The summed E-state index contributed by atoms with van der Waals surface area (Å²) in [5, 5.41) is 0. The topological polar surface area (TPSA) is 132 Å². The van der Waals surface area contributed by atoms with Crippen molar-refractivity contribution in [3.63, 3.8) is 0 Å². The van der Waals surface area contributed by atoms with E-state index >= 15 is 0 Å². The maximum Gasteiger partial charge on any atom is 0.344 e. The van der Waals surface area contributed by atoms with Gasteiger partial charge in [0.2, 0.25) is 0 Å². The van der Waals surface area contributed by atoms with Crippen molar-refractivity contribution in [2.45, 2.75) is 166 Å². The van der Waals surface area contributed by atoms with Crippen molar-refractivity contribution >= 4 is 29.8 Å². The number of hydrogen-bond donors (Lipinski definition) is 0. The van der Waals surface area contributed by atoms with E-state index in [0.29, 0.717) is 42.4 Å². The first-order valence-electron chi connectivity index (χ1n) is 19.5. The summed E-state index contributed by atoms with van der Waals surface area (Å²) < 4.78 is 26.9. The Balaban J connectivity index is 0.000000358. The van der Waals surface area contributed by atoms with E-state index in [1.54, 1.807) is 13.8 Å². The van der Waals surface area contributed by atoms with Crippen LogP contribution in [0.1, 0.15) is 155 Å². The Morgan fingerprint density at radius 3 is 1.87 bits per heavy atom. The minimum Gasteiger partial charge on any atom is -0.469 e. The number of cyclic esters (lactones) is 1. The molecule has 1 aliphatic heterocycles. The molecule has 0 spiro atoms. The Morgan fingerprint density at radius 2 is 1.38 bits per heavy atom. The molecule has 0 N–H and O–H groups in total. The maximum absolute atomic E-state index is 13.4. The number of ether oxygens (including phenoxy) is 5. The molecule has 6 atom stereocenters. The van der Waals surface area contributed by atoms with Crippen LogP contribution in [0.15, 0.2) is 0 Å². The van der Waals surface area contributed by atoms with Gasteiger partial charge >= 0.3 is 29.8 Å². The van der Waals surface area contributed by atoms with Crippen molar-refractivity contribution in [1.82, 2.24) is 0 Å². The van der Waals surface area contributed by atoms with Crippen LogP contribution in [0.25, 0.3) is 0 Å². The van der Waals surface area contributed by atoms with E-state index in [2.05, 4.69) is 18.6 Å². The molecule has 0 aromatic heterocycles. The normalized spacial score (nSPS) is 31.7. The van der Waals surface area contributed by atoms with Crippen LogP contribution >= 0.6 is 0 Å². The average Bonchev–Trinajstić information content (AvgIpc) is 3.78. The molecule has 0 radical (unpaired) electrons. The summed E-state index contributed by atoms with van der Waals surface area (Å²) in [5.74, 6) is 2.30. The van der Waals surface area contributed by atoms with Crippen LogP contribution in [0.3, 0.4) is 0 Å². The molecule has 7 aliphatic rings. The van der Waals surface area contributed by atoms with Gasteiger partial charge in [-0.15, -0.1) is 0 Å². The van der Waals surface area contributed by atoms with Crippen LogP contribution in [0.2, 0.25) is 0 Å². The molecule has 1 saturated heterocycles.